The molecule has 0 bridgehead atoms. The van der Waals surface area contributed by atoms with Crippen LogP contribution in [0.15, 0.2) is 0 Å². The Labute approximate surface area is 638 Å². The standard InChI is InChI=1S/C85H166O17P2/c1-9-78(8)64-56-48-43-44-50-58-66-83(88)96-72-81(102-85(90)68-60-52-42-36-30-24-23-27-33-39-47-55-63-77(6)7)74-100-104(93,94)98-70-79(86)69-97-103(91,92)99-73-80(101-84(89)67-59-51-41-35-29-22-18-14-16-20-26-32-38-46-54-62-76(4)5)71-95-82(87)65-57-49-40-34-28-21-17-13-11-10-12-15-19-25-31-37-45-53-61-75(2)3/h75-81,86H,9-74H2,1-8H3,(H,91,92)(H,93,94)/t78?,79-,80-,81-/m1/s1. The first kappa shape index (κ1) is 102. The van der Waals surface area contributed by atoms with E-state index in [0.29, 0.717) is 25.7 Å². The summed E-state index contributed by atoms with van der Waals surface area (Å²) in [4.78, 5) is 73.2. The van der Waals surface area contributed by atoms with Crippen LogP contribution in [0.3, 0.4) is 0 Å². The molecule has 0 amide bonds. The number of phosphoric acid groups is 2. The summed E-state index contributed by atoms with van der Waals surface area (Å²) < 4.78 is 68.8. The molecule has 3 N–H and O–H groups in total. The van der Waals surface area contributed by atoms with Crippen LogP contribution in [-0.2, 0) is 65.4 Å². The van der Waals surface area contributed by atoms with Crippen molar-refractivity contribution < 1.29 is 80.2 Å². The number of aliphatic hydroxyl groups excluding tert-OH is 1. The van der Waals surface area contributed by atoms with E-state index in [1.807, 2.05) is 0 Å². The van der Waals surface area contributed by atoms with Crippen molar-refractivity contribution in [1.29, 1.82) is 0 Å². The molecule has 0 rings (SSSR count). The third kappa shape index (κ3) is 76.8. The molecule has 0 aliphatic carbocycles. The molecule has 17 nitrogen and oxygen atoms in total. The lowest BCUT2D eigenvalue weighted by atomic mass is 10.00. The van der Waals surface area contributed by atoms with Gasteiger partial charge in [0.05, 0.1) is 26.4 Å². The lowest BCUT2D eigenvalue weighted by Crippen LogP contribution is -2.30. The molecule has 0 fully saturated rings. The molecule has 0 aliphatic rings. The van der Waals surface area contributed by atoms with Crippen molar-refractivity contribution in [2.45, 2.75) is 459 Å². The average molecular weight is 1520 g/mol. The second-order valence-corrected chi connectivity index (χ2v) is 35.2. The zero-order valence-electron chi connectivity index (χ0n) is 68.7. The molecule has 0 radical (unpaired) electrons. The predicted molar refractivity (Wildman–Crippen MR) is 428 cm³/mol. The van der Waals surface area contributed by atoms with Crippen LogP contribution < -0.4 is 0 Å². The van der Waals surface area contributed by atoms with Crippen LogP contribution in [0.25, 0.3) is 0 Å². The third-order valence-electron chi connectivity index (χ3n) is 20.2. The highest BCUT2D eigenvalue weighted by molar-refractivity contribution is 7.47. The zero-order valence-corrected chi connectivity index (χ0v) is 70.5. The van der Waals surface area contributed by atoms with Gasteiger partial charge in [-0.15, -0.1) is 0 Å². The fourth-order valence-corrected chi connectivity index (χ4v) is 14.7. The van der Waals surface area contributed by atoms with Crippen LogP contribution in [0.2, 0.25) is 0 Å². The van der Waals surface area contributed by atoms with Crippen molar-refractivity contribution in [1.82, 2.24) is 0 Å². The Morgan fingerprint density at radius 3 is 0.683 bits per heavy atom. The van der Waals surface area contributed by atoms with Crippen molar-refractivity contribution in [3.63, 3.8) is 0 Å². The smallest absolute Gasteiger partial charge is 0.462 e. The Hall–Kier alpha value is -1.94. The summed E-state index contributed by atoms with van der Waals surface area (Å²) in [7, 11) is -9.93. The molecule has 0 aromatic carbocycles. The van der Waals surface area contributed by atoms with Crippen molar-refractivity contribution in [2.75, 3.05) is 39.6 Å². The number of esters is 4. The average Bonchev–Trinajstić information content (AvgIpc) is 0.908. The van der Waals surface area contributed by atoms with E-state index in [1.54, 1.807) is 0 Å². The van der Waals surface area contributed by atoms with Crippen LogP contribution in [0, 0.1) is 23.7 Å². The van der Waals surface area contributed by atoms with Gasteiger partial charge >= 0.3 is 39.5 Å². The molecule has 3 unspecified atom stereocenters. The van der Waals surface area contributed by atoms with Gasteiger partial charge in [0.2, 0.25) is 0 Å². The fourth-order valence-electron chi connectivity index (χ4n) is 13.1. The van der Waals surface area contributed by atoms with Gasteiger partial charge in [-0.1, -0.05) is 389 Å². The number of phosphoric ester groups is 2. The van der Waals surface area contributed by atoms with Gasteiger partial charge in [0.15, 0.2) is 12.2 Å². The zero-order chi connectivity index (χ0) is 76.7. The van der Waals surface area contributed by atoms with E-state index in [-0.39, 0.29) is 25.7 Å². The van der Waals surface area contributed by atoms with E-state index in [2.05, 4.69) is 55.4 Å². The fraction of sp³-hybridized carbons (Fsp3) is 0.953. The molecule has 104 heavy (non-hydrogen) atoms. The quantitative estimate of drug-likeness (QED) is 0.0222. The van der Waals surface area contributed by atoms with Crippen LogP contribution in [-0.4, -0.2) is 96.7 Å². The Bertz CT molecular complexity index is 2030. The van der Waals surface area contributed by atoms with E-state index in [1.165, 1.54) is 238 Å². The van der Waals surface area contributed by atoms with Gasteiger partial charge in [0.25, 0.3) is 0 Å². The Kier molecular flexibility index (Phi) is 72.5. The van der Waals surface area contributed by atoms with Gasteiger partial charge < -0.3 is 33.8 Å². The van der Waals surface area contributed by atoms with E-state index in [4.69, 9.17) is 37.0 Å². The van der Waals surface area contributed by atoms with E-state index in [9.17, 15) is 43.2 Å². The lowest BCUT2D eigenvalue weighted by molar-refractivity contribution is -0.161. The summed E-state index contributed by atoms with van der Waals surface area (Å²) in [5, 5.41) is 10.7. The third-order valence-corrected chi connectivity index (χ3v) is 22.1. The molecule has 6 atom stereocenters. The first-order valence-electron chi connectivity index (χ1n) is 43.7. The number of unbranched alkanes of at least 4 members (excludes halogenated alkanes) is 47. The molecule has 19 heteroatoms. The van der Waals surface area contributed by atoms with Crippen molar-refractivity contribution in [3.05, 3.63) is 0 Å². The van der Waals surface area contributed by atoms with Crippen molar-refractivity contribution >= 4 is 39.5 Å². The second-order valence-electron chi connectivity index (χ2n) is 32.2. The maximum Gasteiger partial charge on any atom is 0.472 e. The van der Waals surface area contributed by atoms with Gasteiger partial charge in [-0.3, -0.25) is 37.3 Å². The Morgan fingerprint density at radius 2 is 0.462 bits per heavy atom. The maximum absolute atomic E-state index is 13.1. The monoisotopic (exact) mass is 1520 g/mol. The summed E-state index contributed by atoms with van der Waals surface area (Å²) >= 11 is 0. The number of ether oxygens (including phenoxy) is 4. The summed E-state index contributed by atoms with van der Waals surface area (Å²) in [6.07, 6.45) is 62.5. The first-order chi connectivity index (χ1) is 50.1. The molecule has 618 valence electrons. The first-order valence-corrected chi connectivity index (χ1v) is 46.7. The maximum atomic E-state index is 13.1. The topological polar surface area (TPSA) is 237 Å². The summed E-state index contributed by atoms with van der Waals surface area (Å²) in [5.74, 6) is 1.02. The molecule has 0 aromatic rings. The largest absolute Gasteiger partial charge is 0.472 e. The SMILES string of the molecule is CCC(C)CCCCCCCCC(=O)OC[C@H](COP(=O)(O)OC[C@H](O)COP(=O)(O)OC[C@@H](COC(=O)CCCCCCCCCCCCCCCCCCCCC(C)C)OC(=O)CCCCCCCCCCCCCCCCCC(C)C)OC(=O)CCCCCCCCCCCCCCC(C)C. The molecule has 0 saturated carbocycles. The summed E-state index contributed by atoms with van der Waals surface area (Å²) in [6.45, 7) is 14.3. The normalized spacial score (nSPS) is 14.2. The van der Waals surface area contributed by atoms with Gasteiger partial charge in [0.1, 0.15) is 19.3 Å². The number of aliphatic hydroxyl groups is 1. The minimum Gasteiger partial charge on any atom is -0.462 e. The molecule has 0 aliphatic heterocycles. The number of rotatable bonds is 82. The summed E-state index contributed by atoms with van der Waals surface area (Å²) in [5.41, 5.74) is 0. The Morgan fingerprint density at radius 1 is 0.269 bits per heavy atom. The van der Waals surface area contributed by atoms with Gasteiger partial charge in [-0.2, -0.15) is 0 Å². The highest BCUT2D eigenvalue weighted by atomic mass is 31.2. The Balaban J connectivity index is 5.23. The molecular formula is C85H166O17P2. The van der Waals surface area contributed by atoms with Gasteiger partial charge in [-0.25, -0.2) is 9.13 Å². The number of carbonyl (C=O) groups excluding carboxylic acids is 4. The van der Waals surface area contributed by atoms with Gasteiger partial charge in [0, 0.05) is 25.7 Å². The number of hydrogen-bond donors (Lipinski definition) is 3. The minimum absolute atomic E-state index is 0.106. The predicted octanol–water partition coefficient (Wildman–Crippen LogP) is 25.6. The molecular weight excluding hydrogens is 1350 g/mol. The van der Waals surface area contributed by atoms with Crippen LogP contribution >= 0.6 is 15.6 Å². The van der Waals surface area contributed by atoms with Crippen molar-refractivity contribution in [3.8, 4) is 0 Å². The van der Waals surface area contributed by atoms with E-state index in [0.717, 1.165) is 120 Å². The number of carbonyl (C=O) groups is 4. The van der Waals surface area contributed by atoms with Crippen LogP contribution in [0.1, 0.15) is 441 Å². The van der Waals surface area contributed by atoms with Gasteiger partial charge in [-0.05, 0) is 49.4 Å². The lowest BCUT2D eigenvalue weighted by Gasteiger charge is -2.21. The van der Waals surface area contributed by atoms with E-state index >= 15 is 0 Å². The molecule has 0 aromatic heterocycles. The number of hydrogen-bond acceptors (Lipinski definition) is 15. The second kappa shape index (κ2) is 73.8. The van der Waals surface area contributed by atoms with Crippen LogP contribution in [0.5, 0.6) is 0 Å². The molecule has 0 saturated heterocycles. The summed E-state index contributed by atoms with van der Waals surface area (Å²) in [6, 6.07) is 0. The van der Waals surface area contributed by atoms with Crippen LogP contribution in [0.4, 0.5) is 0 Å². The van der Waals surface area contributed by atoms with E-state index < -0.39 is 97.5 Å². The highest BCUT2D eigenvalue weighted by Crippen LogP contribution is 2.45. The highest BCUT2D eigenvalue weighted by Gasteiger charge is 2.30. The minimum atomic E-state index is -4.97. The molecule has 0 spiro atoms. The molecule has 0 heterocycles. The van der Waals surface area contributed by atoms with Crippen molar-refractivity contribution in [2.24, 2.45) is 23.7 Å².